The van der Waals surface area contributed by atoms with Gasteiger partial charge in [0.1, 0.15) is 5.84 Å². The minimum atomic E-state index is -0.119. The highest BCUT2D eigenvalue weighted by Gasteiger charge is 2.12. The molecule has 66 valence electrons. The van der Waals surface area contributed by atoms with Crippen LogP contribution in [0.25, 0.3) is 0 Å². The summed E-state index contributed by atoms with van der Waals surface area (Å²) in [5.74, 6) is 0.230. The van der Waals surface area contributed by atoms with Crippen LogP contribution in [0, 0.1) is 0 Å². The molecule has 0 saturated heterocycles. The molecule has 13 heavy (non-hydrogen) atoms. The monoisotopic (exact) mass is 175 g/mol. The molecule has 0 bridgehead atoms. The van der Waals surface area contributed by atoms with Gasteiger partial charge < -0.3 is 11.1 Å². The maximum atomic E-state index is 11.2. The summed E-state index contributed by atoms with van der Waals surface area (Å²) in [6.45, 7) is 0. The van der Waals surface area contributed by atoms with Gasteiger partial charge in [-0.15, -0.1) is 0 Å². The Bertz CT molecular complexity index is 384. The fraction of sp³-hybridized carbons (Fsp3) is 0.111. The van der Waals surface area contributed by atoms with Crippen molar-refractivity contribution < 1.29 is 4.79 Å². The van der Waals surface area contributed by atoms with Crippen LogP contribution in [0.4, 0.5) is 11.4 Å². The second-order valence-electron chi connectivity index (χ2n) is 2.85. The van der Waals surface area contributed by atoms with E-state index in [0.717, 1.165) is 0 Å². The van der Waals surface area contributed by atoms with Crippen molar-refractivity contribution in [3.05, 3.63) is 24.3 Å². The van der Waals surface area contributed by atoms with Crippen molar-refractivity contribution in [1.29, 1.82) is 0 Å². The molecule has 3 N–H and O–H groups in total. The minimum absolute atomic E-state index is 0.119. The molecule has 4 heteroatoms. The summed E-state index contributed by atoms with van der Waals surface area (Å²) >= 11 is 0. The van der Waals surface area contributed by atoms with E-state index in [0.29, 0.717) is 17.2 Å². The van der Waals surface area contributed by atoms with E-state index in [1.165, 1.54) is 0 Å². The number of benzene rings is 1. The standard InChI is InChI=1S/C9H9N3O/c10-8-5-9(13)12-7-4-2-1-3-6(7)11-8/h1-4H,5H2,(H2,10,11)(H,12,13). The van der Waals surface area contributed by atoms with Crippen molar-refractivity contribution >= 4 is 23.1 Å². The highest BCUT2D eigenvalue weighted by atomic mass is 16.1. The van der Waals surface area contributed by atoms with E-state index in [1.807, 2.05) is 18.2 Å². The van der Waals surface area contributed by atoms with Gasteiger partial charge in [-0.25, -0.2) is 4.99 Å². The third-order valence-corrected chi connectivity index (χ3v) is 1.78. The molecule has 0 saturated carbocycles. The molecule has 1 heterocycles. The van der Waals surface area contributed by atoms with Gasteiger partial charge in [-0.2, -0.15) is 0 Å². The average Bonchev–Trinajstić information content (AvgIpc) is 2.20. The first-order valence-electron chi connectivity index (χ1n) is 3.97. The Hall–Kier alpha value is -1.84. The van der Waals surface area contributed by atoms with Crippen molar-refractivity contribution in [3.8, 4) is 0 Å². The second-order valence-corrected chi connectivity index (χ2v) is 2.85. The maximum absolute atomic E-state index is 11.2. The summed E-state index contributed by atoms with van der Waals surface area (Å²) in [4.78, 5) is 15.3. The lowest BCUT2D eigenvalue weighted by molar-refractivity contribution is -0.115. The molecule has 0 radical (unpaired) electrons. The molecule has 0 unspecified atom stereocenters. The van der Waals surface area contributed by atoms with Gasteiger partial charge in [0.05, 0.1) is 17.8 Å². The van der Waals surface area contributed by atoms with Crippen LogP contribution in [0.15, 0.2) is 29.3 Å². The smallest absolute Gasteiger partial charge is 0.232 e. The number of carbonyl (C=O) groups excluding carboxylic acids is 1. The number of nitrogens with one attached hydrogen (secondary N) is 1. The molecule has 1 amide bonds. The highest BCUT2D eigenvalue weighted by Crippen LogP contribution is 2.26. The zero-order valence-corrected chi connectivity index (χ0v) is 6.95. The SMILES string of the molecule is NC1=Nc2ccccc2NC(=O)C1. The molecule has 1 aliphatic heterocycles. The zero-order valence-electron chi connectivity index (χ0n) is 6.95. The van der Waals surface area contributed by atoms with Crippen LogP contribution >= 0.6 is 0 Å². The lowest BCUT2D eigenvalue weighted by Crippen LogP contribution is -2.19. The summed E-state index contributed by atoms with van der Waals surface area (Å²) < 4.78 is 0. The topological polar surface area (TPSA) is 67.5 Å². The van der Waals surface area contributed by atoms with E-state index in [4.69, 9.17) is 5.73 Å². The molecule has 0 atom stereocenters. The van der Waals surface area contributed by atoms with E-state index < -0.39 is 0 Å². The Kier molecular flexibility index (Phi) is 1.73. The predicted molar refractivity (Wildman–Crippen MR) is 51.0 cm³/mol. The maximum Gasteiger partial charge on any atom is 0.232 e. The van der Waals surface area contributed by atoms with Crippen molar-refractivity contribution in [3.63, 3.8) is 0 Å². The van der Waals surface area contributed by atoms with Gasteiger partial charge in [0.15, 0.2) is 0 Å². The summed E-state index contributed by atoms with van der Waals surface area (Å²) in [6, 6.07) is 7.31. The van der Waals surface area contributed by atoms with Crippen molar-refractivity contribution in [2.24, 2.45) is 10.7 Å². The molecule has 1 aliphatic rings. The first-order valence-corrected chi connectivity index (χ1v) is 3.97. The molecule has 0 aromatic heterocycles. The number of anilines is 1. The minimum Gasteiger partial charge on any atom is -0.387 e. The third-order valence-electron chi connectivity index (χ3n) is 1.78. The van der Waals surface area contributed by atoms with Crippen LogP contribution in [0.1, 0.15) is 6.42 Å². The van der Waals surface area contributed by atoms with Gasteiger partial charge in [-0.05, 0) is 12.1 Å². The van der Waals surface area contributed by atoms with E-state index in [9.17, 15) is 4.79 Å². The van der Waals surface area contributed by atoms with Gasteiger partial charge >= 0.3 is 0 Å². The lowest BCUT2D eigenvalue weighted by Gasteiger charge is -2.01. The molecule has 0 fully saturated rings. The van der Waals surface area contributed by atoms with Crippen LogP contribution in [-0.2, 0) is 4.79 Å². The number of hydrogen-bond acceptors (Lipinski definition) is 3. The van der Waals surface area contributed by atoms with Crippen LogP contribution < -0.4 is 11.1 Å². The number of para-hydroxylation sites is 2. The quantitative estimate of drug-likeness (QED) is 0.618. The Balaban J connectivity index is 2.51. The van der Waals surface area contributed by atoms with Crippen LogP contribution in [0.3, 0.4) is 0 Å². The van der Waals surface area contributed by atoms with Crippen molar-refractivity contribution in [2.45, 2.75) is 6.42 Å². The number of fused-ring (bicyclic) bond motifs is 1. The molecule has 1 aromatic carbocycles. The van der Waals surface area contributed by atoms with Crippen molar-refractivity contribution in [1.82, 2.24) is 0 Å². The fourth-order valence-corrected chi connectivity index (χ4v) is 1.23. The number of amidine groups is 1. The molecular weight excluding hydrogens is 166 g/mol. The average molecular weight is 175 g/mol. The number of nitrogens with two attached hydrogens (primary N) is 1. The molecule has 0 spiro atoms. The number of rotatable bonds is 0. The molecule has 0 aliphatic carbocycles. The molecule has 4 nitrogen and oxygen atoms in total. The fourth-order valence-electron chi connectivity index (χ4n) is 1.23. The van der Waals surface area contributed by atoms with Crippen LogP contribution in [-0.4, -0.2) is 11.7 Å². The largest absolute Gasteiger partial charge is 0.387 e. The van der Waals surface area contributed by atoms with E-state index >= 15 is 0 Å². The summed E-state index contributed by atoms with van der Waals surface area (Å²) in [5.41, 5.74) is 6.96. The first-order chi connectivity index (χ1) is 6.25. The normalized spacial score (nSPS) is 15.4. The Morgan fingerprint density at radius 1 is 1.38 bits per heavy atom. The number of nitrogens with zero attached hydrogens (tertiary/aromatic N) is 1. The van der Waals surface area contributed by atoms with Crippen LogP contribution in [0.2, 0.25) is 0 Å². The zero-order chi connectivity index (χ0) is 9.26. The summed E-state index contributed by atoms with van der Waals surface area (Å²) in [7, 11) is 0. The Morgan fingerprint density at radius 3 is 3.00 bits per heavy atom. The lowest BCUT2D eigenvalue weighted by atomic mass is 10.3. The highest BCUT2D eigenvalue weighted by molar-refractivity contribution is 6.09. The Labute approximate surface area is 75.5 Å². The van der Waals surface area contributed by atoms with Gasteiger partial charge in [-0.1, -0.05) is 12.1 Å². The number of aliphatic imine (C=N–C) groups is 1. The third kappa shape index (κ3) is 1.51. The second kappa shape index (κ2) is 2.90. The van der Waals surface area contributed by atoms with Gasteiger partial charge in [0.25, 0.3) is 0 Å². The number of carbonyl (C=O) groups is 1. The van der Waals surface area contributed by atoms with Crippen LogP contribution in [0.5, 0.6) is 0 Å². The van der Waals surface area contributed by atoms with Gasteiger partial charge in [0, 0.05) is 0 Å². The Morgan fingerprint density at radius 2 is 2.15 bits per heavy atom. The summed E-state index contributed by atoms with van der Waals surface area (Å²) in [5, 5.41) is 2.72. The summed E-state index contributed by atoms with van der Waals surface area (Å²) in [6.07, 6.45) is 0.161. The molecule has 1 aromatic rings. The number of amides is 1. The first kappa shape index (κ1) is 7.79. The molecule has 2 rings (SSSR count). The predicted octanol–water partition coefficient (Wildman–Crippen LogP) is 1.02. The van der Waals surface area contributed by atoms with E-state index in [1.54, 1.807) is 6.07 Å². The van der Waals surface area contributed by atoms with Crippen molar-refractivity contribution in [2.75, 3.05) is 5.32 Å². The number of hydrogen-bond donors (Lipinski definition) is 2. The van der Waals surface area contributed by atoms with E-state index in [-0.39, 0.29) is 12.3 Å². The van der Waals surface area contributed by atoms with E-state index in [2.05, 4.69) is 10.3 Å². The molecular formula is C9H9N3O. The van der Waals surface area contributed by atoms with Gasteiger partial charge in [-0.3, -0.25) is 4.79 Å². The van der Waals surface area contributed by atoms with Gasteiger partial charge in [0.2, 0.25) is 5.91 Å².